The van der Waals surface area contributed by atoms with Gasteiger partial charge >= 0.3 is 5.97 Å². The van der Waals surface area contributed by atoms with Crippen LogP contribution in [0.5, 0.6) is 0 Å². The van der Waals surface area contributed by atoms with Gasteiger partial charge in [-0.15, -0.1) is 11.3 Å². The lowest BCUT2D eigenvalue weighted by atomic mass is 10.1. The van der Waals surface area contributed by atoms with E-state index < -0.39 is 17.9 Å². The topological polar surface area (TPSA) is 95.5 Å². The minimum atomic E-state index is -1.09. The smallest absolute Gasteiger partial charge is 0.326 e. The fraction of sp³-hybridized carbons (Fsp3) is 0.417. The molecule has 0 saturated carbocycles. The molecule has 7 heteroatoms. The number of hydrogen-bond donors (Lipinski definition) is 3. The van der Waals surface area contributed by atoms with E-state index >= 15 is 0 Å². The Kier molecular flexibility index (Phi) is 5.50. The van der Waals surface area contributed by atoms with E-state index in [-0.39, 0.29) is 18.4 Å². The largest absolute Gasteiger partial charge is 0.480 e. The summed E-state index contributed by atoms with van der Waals surface area (Å²) in [5.74, 6) is -2.19. The number of carboxylic acid groups (broad SMARTS) is 1. The SMILES string of the molecule is CC(C)[C@H](NC(=O)CNC(=O)c1cccs1)C(=O)O. The number of carbonyl (C=O) groups is 3. The van der Waals surface area contributed by atoms with Crippen molar-refractivity contribution in [2.75, 3.05) is 6.54 Å². The van der Waals surface area contributed by atoms with Crippen molar-refractivity contribution in [1.82, 2.24) is 10.6 Å². The van der Waals surface area contributed by atoms with E-state index in [2.05, 4.69) is 10.6 Å². The van der Waals surface area contributed by atoms with Gasteiger partial charge in [0.1, 0.15) is 6.04 Å². The predicted octanol–water partition coefficient (Wildman–Crippen LogP) is 0.703. The number of amides is 2. The first kappa shape index (κ1) is 15.2. The monoisotopic (exact) mass is 284 g/mol. The first-order chi connectivity index (χ1) is 8.91. The Balaban J connectivity index is 2.43. The summed E-state index contributed by atoms with van der Waals surface area (Å²) < 4.78 is 0. The van der Waals surface area contributed by atoms with Gasteiger partial charge < -0.3 is 15.7 Å². The third kappa shape index (κ3) is 4.70. The maximum Gasteiger partial charge on any atom is 0.326 e. The van der Waals surface area contributed by atoms with Crippen LogP contribution in [-0.4, -0.2) is 35.5 Å². The number of hydrogen-bond acceptors (Lipinski definition) is 4. The molecular formula is C12H16N2O4S. The molecule has 3 N–H and O–H groups in total. The maximum atomic E-state index is 11.6. The Morgan fingerprint density at radius 1 is 1.37 bits per heavy atom. The van der Waals surface area contributed by atoms with Gasteiger partial charge in [0.2, 0.25) is 5.91 Å². The third-order valence-corrected chi connectivity index (χ3v) is 3.27. The molecule has 1 heterocycles. The van der Waals surface area contributed by atoms with Gasteiger partial charge in [0.15, 0.2) is 0 Å². The molecule has 1 aromatic rings. The predicted molar refractivity (Wildman–Crippen MR) is 71.1 cm³/mol. The quantitative estimate of drug-likeness (QED) is 0.716. The maximum absolute atomic E-state index is 11.6. The van der Waals surface area contributed by atoms with Crippen LogP contribution in [0.25, 0.3) is 0 Å². The lowest BCUT2D eigenvalue weighted by molar-refractivity contribution is -0.142. The van der Waals surface area contributed by atoms with Crippen molar-refractivity contribution in [3.63, 3.8) is 0 Å². The molecule has 6 nitrogen and oxygen atoms in total. The Bertz CT molecular complexity index is 456. The molecule has 1 aromatic heterocycles. The van der Waals surface area contributed by atoms with Gasteiger partial charge in [-0.25, -0.2) is 4.79 Å². The molecule has 0 saturated heterocycles. The Morgan fingerprint density at radius 3 is 2.53 bits per heavy atom. The molecule has 1 rings (SSSR count). The van der Waals surface area contributed by atoms with Gasteiger partial charge in [-0.1, -0.05) is 19.9 Å². The van der Waals surface area contributed by atoms with E-state index in [1.165, 1.54) is 11.3 Å². The zero-order valence-corrected chi connectivity index (χ0v) is 11.5. The lowest BCUT2D eigenvalue weighted by Crippen LogP contribution is -2.47. The highest BCUT2D eigenvalue weighted by Gasteiger charge is 2.23. The number of aliphatic carboxylic acids is 1. The third-order valence-electron chi connectivity index (χ3n) is 2.40. The van der Waals surface area contributed by atoms with Crippen molar-refractivity contribution < 1.29 is 19.5 Å². The molecule has 0 unspecified atom stereocenters. The van der Waals surface area contributed by atoms with E-state index in [9.17, 15) is 14.4 Å². The van der Waals surface area contributed by atoms with Crippen molar-refractivity contribution in [3.8, 4) is 0 Å². The number of carboxylic acids is 1. The van der Waals surface area contributed by atoms with Crippen LogP contribution in [0, 0.1) is 5.92 Å². The molecular weight excluding hydrogens is 268 g/mol. The number of carbonyl (C=O) groups excluding carboxylic acids is 2. The first-order valence-corrected chi connectivity index (χ1v) is 6.63. The van der Waals surface area contributed by atoms with Crippen LogP contribution in [0.15, 0.2) is 17.5 Å². The molecule has 0 aliphatic heterocycles. The summed E-state index contributed by atoms with van der Waals surface area (Å²) in [6, 6.07) is 2.43. The number of thiophene rings is 1. The van der Waals surface area contributed by atoms with Crippen molar-refractivity contribution in [3.05, 3.63) is 22.4 Å². The summed E-state index contributed by atoms with van der Waals surface area (Å²) in [7, 11) is 0. The minimum absolute atomic E-state index is 0.227. The van der Waals surface area contributed by atoms with Gasteiger partial charge in [0, 0.05) is 0 Å². The van der Waals surface area contributed by atoms with Crippen molar-refractivity contribution >= 4 is 29.1 Å². The van der Waals surface area contributed by atoms with Crippen LogP contribution < -0.4 is 10.6 Å². The molecule has 0 bridgehead atoms. The molecule has 1 atom stereocenters. The summed E-state index contributed by atoms with van der Waals surface area (Å²) in [4.78, 5) is 34.5. The standard InChI is InChI=1S/C12H16N2O4S/c1-7(2)10(12(17)18)14-9(15)6-13-11(16)8-4-3-5-19-8/h3-5,7,10H,6H2,1-2H3,(H,13,16)(H,14,15)(H,17,18)/t10-/m0/s1. The zero-order valence-electron chi connectivity index (χ0n) is 10.7. The summed E-state index contributed by atoms with van der Waals surface area (Å²) >= 11 is 1.27. The van der Waals surface area contributed by atoms with E-state index in [0.29, 0.717) is 4.88 Å². The average Bonchev–Trinajstić information content (AvgIpc) is 2.85. The highest BCUT2D eigenvalue weighted by atomic mass is 32.1. The zero-order chi connectivity index (χ0) is 14.4. The van der Waals surface area contributed by atoms with E-state index in [4.69, 9.17) is 5.11 Å². The van der Waals surface area contributed by atoms with Crippen LogP contribution in [0.3, 0.4) is 0 Å². The highest BCUT2D eigenvalue weighted by Crippen LogP contribution is 2.07. The van der Waals surface area contributed by atoms with E-state index in [0.717, 1.165) is 0 Å². The molecule has 0 fully saturated rings. The van der Waals surface area contributed by atoms with Crippen molar-refractivity contribution in [1.29, 1.82) is 0 Å². The summed E-state index contributed by atoms with van der Waals surface area (Å²) in [6.07, 6.45) is 0. The lowest BCUT2D eigenvalue weighted by Gasteiger charge is -2.17. The van der Waals surface area contributed by atoms with E-state index in [1.807, 2.05) is 0 Å². The number of nitrogens with one attached hydrogen (secondary N) is 2. The van der Waals surface area contributed by atoms with Gasteiger partial charge in [-0.3, -0.25) is 9.59 Å². The van der Waals surface area contributed by atoms with E-state index in [1.54, 1.807) is 31.4 Å². The van der Waals surface area contributed by atoms with Crippen LogP contribution in [-0.2, 0) is 9.59 Å². The van der Waals surface area contributed by atoms with Crippen LogP contribution >= 0.6 is 11.3 Å². The van der Waals surface area contributed by atoms with Crippen molar-refractivity contribution in [2.45, 2.75) is 19.9 Å². The Hall–Kier alpha value is -1.89. The molecule has 0 radical (unpaired) electrons. The van der Waals surface area contributed by atoms with Gasteiger partial charge in [0.05, 0.1) is 11.4 Å². The fourth-order valence-corrected chi connectivity index (χ4v) is 2.03. The van der Waals surface area contributed by atoms with Gasteiger partial charge in [0.25, 0.3) is 5.91 Å². The second-order valence-electron chi connectivity index (χ2n) is 4.29. The van der Waals surface area contributed by atoms with Crippen LogP contribution in [0.4, 0.5) is 0 Å². The minimum Gasteiger partial charge on any atom is -0.480 e. The highest BCUT2D eigenvalue weighted by molar-refractivity contribution is 7.12. The average molecular weight is 284 g/mol. The Morgan fingerprint density at radius 2 is 2.05 bits per heavy atom. The Labute approximate surface area is 114 Å². The summed E-state index contributed by atoms with van der Waals surface area (Å²) in [5, 5.41) is 15.5. The van der Waals surface area contributed by atoms with Crippen molar-refractivity contribution in [2.24, 2.45) is 5.92 Å². The molecule has 0 aliphatic rings. The molecule has 0 aromatic carbocycles. The molecule has 104 valence electrons. The fourth-order valence-electron chi connectivity index (χ4n) is 1.39. The second-order valence-corrected chi connectivity index (χ2v) is 5.24. The molecule has 0 spiro atoms. The second kappa shape index (κ2) is 6.89. The molecule has 2 amide bonds. The number of rotatable bonds is 6. The summed E-state index contributed by atoms with van der Waals surface area (Å²) in [6.45, 7) is 3.15. The van der Waals surface area contributed by atoms with Gasteiger partial charge in [-0.05, 0) is 17.4 Å². The normalized spacial score (nSPS) is 11.9. The van der Waals surface area contributed by atoms with Crippen LogP contribution in [0.2, 0.25) is 0 Å². The molecule has 19 heavy (non-hydrogen) atoms. The molecule has 0 aliphatic carbocycles. The summed E-state index contributed by atoms with van der Waals surface area (Å²) in [5.41, 5.74) is 0. The van der Waals surface area contributed by atoms with Crippen LogP contribution in [0.1, 0.15) is 23.5 Å². The first-order valence-electron chi connectivity index (χ1n) is 5.75. The van der Waals surface area contributed by atoms with Gasteiger partial charge in [-0.2, -0.15) is 0 Å².